The van der Waals surface area contributed by atoms with Crippen LogP contribution in [0.25, 0.3) is 0 Å². The van der Waals surface area contributed by atoms with Crippen LogP contribution in [-0.4, -0.2) is 45.9 Å². The quantitative estimate of drug-likeness (QED) is 0.632. The van der Waals surface area contributed by atoms with Gasteiger partial charge in [0.2, 0.25) is 0 Å². The molecule has 0 aliphatic rings. The second kappa shape index (κ2) is 8.44. The molecule has 0 rings (SSSR count). The Hall–Kier alpha value is -0.660. The molecule has 0 aromatic carbocycles. The van der Waals surface area contributed by atoms with E-state index in [-0.39, 0.29) is 13.0 Å². The van der Waals surface area contributed by atoms with Gasteiger partial charge in [-0.2, -0.15) is 12.7 Å². The third-order valence-corrected chi connectivity index (χ3v) is 4.51. The summed E-state index contributed by atoms with van der Waals surface area (Å²) in [5.74, 6) is -0.0779. The molecule has 0 heterocycles. The molecule has 6 nitrogen and oxygen atoms in total. The van der Waals surface area contributed by atoms with Crippen LogP contribution < -0.4 is 4.72 Å². The Balaban J connectivity index is 4.23. The molecule has 0 aromatic rings. The maximum absolute atomic E-state index is 11.8. The van der Waals surface area contributed by atoms with Crippen molar-refractivity contribution in [3.05, 3.63) is 0 Å². The van der Waals surface area contributed by atoms with Crippen LogP contribution in [-0.2, 0) is 19.7 Å². The first-order valence-corrected chi connectivity index (χ1v) is 7.59. The van der Waals surface area contributed by atoms with E-state index in [1.807, 2.05) is 13.8 Å². The van der Waals surface area contributed by atoms with E-state index in [9.17, 15) is 13.2 Å². The summed E-state index contributed by atoms with van der Waals surface area (Å²) in [6.07, 6.45) is 1.93. The average molecular weight is 280 g/mol. The summed E-state index contributed by atoms with van der Waals surface area (Å²) in [5.41, 5.74) is 0. The van der Waals surface area contributed by atoms with Gasteiger partial charge in [-0.1, -0.05) is 26.7 Å². The summed E-state index contributed by atoms with van der Waals surface area (Å²) in [7, 11) is -0.781. The minimum Gasteiger partial charge on any atom is -0.469 e. The first-order chi connectivity index (χ1) is 8.37. The summed E-state index contributed by atoms with van der Waals surface area (Å²) in [5, 5.41) is 0. The van der Waals surface area contributed by atoms with Crippen LogP contribution in [0.2, 0.25) is 0 Å². The Kier molecular flexibility index (Phi) is 8.13. The van der Waals surface area contributed by atoms with Crippen molar-refractivity contribution in [3.63, 3.8) is 0 Å². The number of methoxy groups -OCH3 is 1. The van der Waals surface area contributed by atoms with E-state index in [1.54, 1.807) is 0 Å². The zero-order valence-corrected chi connectivity index (χ0v) is 12.4. The van der Waals surface area contributed by atoms with E-state index in [0.29, 0.717) is 12.5 Å². The van der Waals surface area contributed by atoms with Gasteiger partial charge in [0.1, 0.15) is 0 Å². The third-order valence-electron chi connectivity index (χ3n) is 2.98. The van der Waals surface area contributed by atoms with Crippen molar-refractivity contribution in [3.8, 4) is 0 Å². The standard InChI is InChI=1S/C11H24N2O4S/c1-5-10(6-2)9-12-18(15,16)13(3)8-7-11(14)17-4/h10,12H,5-9H2,1-4H3. The van der Waals surface area contributed by atoms with Gasteiger partial charge in [-0.25, -0.2) is 4.72 Å². The third kappa shape index (κ3) is 6.32. The highest BCUT2D eigenvalue weighted by Crippen LogP contribution is 2.06. The van der Waals surface area contributed by atoms with Crippen LogP contribution in [0.15, 0.2) is 0 Å². The minimum atomic E-state index is -3.50. The fraction of sp³-hybridized carbons (Fsp3) is 0.909. The summed E-state index contributed by atoms with van der Waals surface area (Å²) < 4.78 is 31.8. The molecule has 0 radical (unpaired) electrons. The number of esters is 1. The summed E-state index contributed by atoms with van der Waals surface area (Å²) in [6.45, 7) is 4.61. The molecule has 18 heavy (non-hydrogen) atoms. The van der Waals surface area contributed by atoms with Gasteiger partial charge >= 0.3 is 5.97 Å². The van der Waals surface area contributed by atoms with E-state index >= 15 is 0 Å². The first kappa shape index (κ1) is 17.3. The predicted molar refractivity (Wildman–Crippen MR) is 70.3 cm³/mol. The number of nitrogens with one attached hydrogen (secondary N) is 1. The van der Waals surface area contributed by atoms with Crippen molar-refractivity contribution in [2.45, 2.75) is 33.1 Å². The van der Waals surface area contributed by atoms with Gasteiger partial charge in [0.25, 0.3) is 10.2 Å². The van der Waals surface area contributed by atoms with Crippen molar-refractivity contribution in [1.82, 2.24) is 9.03 Å². The van der Waals surface area contributed by atoms with Gasteiger partial charge in [-0.3, -0.25) is 4.79 Å². The topological polar surface area (TPSA) is 75.7 Å². The fourth-order valence-electron chi connectivity index (χ4n) is 1.38. The van der Waals surface area contributed by atoms with Gasteiger partial charge in [-0.05, 0) is 5.92 Å². The molecular weight excluding hydrogens is 256 g/mol. The molecule has 0 aliphatic carbocycles. The minimum absolute atomic E-state index is 0.0545. The van der Waals surface area contributed by atoms with Crippen LogP contribution >= 0.6 is 0 Å². The molecule has 0 atom stereocenters. The van der Waals surface area contributed by atoms with Gasteiger partial charge in [-0.15, -0.1) is 0 Å². The van der Waals surface area contributed by atoms with E-state index in [2.05, 4.69) is 9.46 Å². The van der Waals surface area contributed by atoms with Crippen LogP contribution in [0.1, 0.15) is 33.1 Å². The number of ether oxygens (including phenoxy) is 1. The molecule has 7 heteroatoms. The lowest BCUT2D eigenvalue weighted by molar-refractivity contribution is -0.140. The highest BCUT2D eigenvalue weighted by Gasteiger charge is 2.19. The summed E-state index contributed by atoms with van der Waals surface area (Å²) in [4.78, 5) is 10.9. The zero-order valence-electron chi connectivity index (χ0n) is 11.6. The van der Waals surface area contributed by atoms with Gasteiger partial charge in [0.05, 0.1) is 13.5 Å². The largest absolute Gasteiger partial charge is 0.469 e. The van der Waals surface area contributed by atoms with Gasteiger partial charge in [0, 0.05) is 20.1 Å². The SMILES string of the molecule is CCC(CC)CNS(=O)(=O)N(C)CCC(=O)OC. The highest BCUT2D eigenvalue weighted by molar-refractivity contribution is 7.87. The summed E-state index contributed by atoms with van der Waals surface area (Å²) >= 11 is 0. The van der Waals surface area contributed by atoms with Crippen LogP contribution in [0.4, 0.5) is 0 Å². The lowest BCUT2D eigenvalue weighted by atomic mass is 10.0. The Bertz CT molecular complexity index is 339. The highest BCUT2D eigenvalue weighted by atomic mass is 32.2. The molecule has 0 spiro atoms. The van der Waals surface area contributed by atoms with Gasteiger partial charge < -0.3 is 4.74 Å². The second-order valence-electron chi connectivity index (χ2n) is 4.18. The van der Waals surface area contributed by atoms with Crippen LogP contribution in [0.5, 0.6) is 0 Å². The Labute approximate surface area is 110 Å². The molecule has 0 amide bonds. The van der Waals surface area contributed by atoms with Crippen molar-refractivity contribution < 1.29 is 17.9 Å². The number of hydrogen-bond donors (Lipinski definition) is 1. The second-order valence-corrected chi connectivity index (χ2v) is 6.05. The maximum atomic E-state index is 11.8. The summed E-state index contributed by atoms with van der Waals surface area (Å²) in [6, 6.07) is 0. The molecule has 108 valence electrons. The zero-order chi connectivity index (χ0) is 14.2. The number of carbonyl (C=O) groups is 1. The molecule has 0 fully saturated rings. The molecule has 0 saturated carbocycles. The van der Waals surface area contributed by atoms with E-state index in [1.165, 1.54) is 14.2 Å². The Morgan fingerprint density at radius 2 is 1.89 bits per heavy atom. The average Bonchev–Trinajstić information content (AvgIpc) is 2.36. The van der Waals surface area contributed by atoms with Crippen LogP contribution in [0.3, 0.4) is 0 Å². The van der Waals surface area contributed by atoms with E-state index < -0.39 is 16.2 Å². The smallest absolute Gasteiger partial charge is 0.306 e. The van der Waals surface area contributed by atoms with Crippen molar-refractivity contribution >= 4 is 16.2 Å². The fourth-order valence-corrected chi connectivity index (χ4v) is 2.38. The number of nitrogens with zero attached hydrogens (tertiary/aromatic N) is 1. The Morgan fingerprint density at radius 3 is 2.33 bits per heavy atom. The number of carbonyl (C=O) groups excluding carboxylic acids is 1. The van der Waals surface area contributed by atoms with Gasteiger partial charge in [0.15, 0.2) is 0 Å². The number of rotatable bonds is 9. The molecule has 0 aromatic heterocycles. The predicted octanol–water partition coefficient (Wildman–Crippen LogP) is 0.752. The monoisotopic (exact) mass is 280 g/mol. The lowest BCUT2D eigenvalue weighted by Gasteiger charge is -2.19. The van der Waals surface area contributed by atoms with E-state index in [4.69, 9.17) is 0 Å². The van der Waals surface area contributed by atoms with Crippen molar-refractivity contribution in [2.24, 2.45) is 5.92 Å². The van der Waals surface area contributed by atoms with Crippen molar-refractivity contribution in [1.29, 1.82) is 0 Å². The molecule has 1 N–H and O–H groups in total. The molecular formula is C11H24N2O4S. The van der Waals surface area contributed by atoms with Crippen molar-refractivity contribution in [2.75, 3.05) is 27.2 Å². The molecule has 0 aliphatic heterocycles. The lowest BCUT2D eigenvalue weighted by Crippen LogP contribution is -2.41. The Morgan fingerprint density at radius 1 is 1.33 bits per heavy atom. The first-order valence-electron chi connectivity index (χ1n) is 6.15. The molecule has 0 unspecified atom stereocenters. The number of hydrogen-bond acceptors (Lipinski definition) is 4. The normalized spacial score (nSPS) is 12.1. The molecule has 0 saturated heterocycles. The van der Waals surface area contributed by atoms with E-state index in [0.717, 1.165) is 17.1 Å². The maximum Gasteiger partial charge on any atom is 0.306 e. The van der Waals surface area contributed by atoms with Crippen LogP contribution in [0, 0.1) is 5.92 Å². The molecule has 0 bridgehead atoms.